The van der Waals surface area contributed by atoms with Crippen molar-refractivity contribution < 1.29 is 9.59 Å². The Bertz CT molecular complexity index is 560. The number of hydrogen-bond donors (Lipinski definition) is 1. The molecule has 128 valence electrons. The Balaban J connectivity index is 3.19. The molecule has 5 heteroatoms. The molecule has 4 nitrogen and oxygen atoms in total. The van der Waals surface area contributed by atoms with E-state index in [1.165, 1.54) is 0 Å². The van der Waals surface area contributed by atoms with Gasteiger partial charge in [-0.2, -0.15) is 0 Å². The summed E-state index contributed by atoms with van der Waals surface area (Å²) in [6.07, 6.45) is 0.593. The predicted molar refractivity (Wildman–Crippen MR) is 99.3 cm³/mol. The molecular weight excluding hydrogens is 304 g/mol. The highest BCUT2D eigenvalue weighted by atomic mass is 28.4. The van der Waals surface area contributed by atoms with Gasteiger partial charge in [-0.3, -0.25) is 4.79 Å². The smallest absolute Gasteiger partial charge is 0.254 e. The molecule has 0 aliphatic carbocycles. The van der Waals surface area contributed by atoms with Crippen molar-refractivity contribution in [2.24, 2.45) is 4.99 Å². The lowest BCUT2D eigenvalue weighted by atomic mass is 9.89. The van der Waals surface area contributed by atoms with E-state index in [1.54, 1.807) is 0 Å². The highest BCUT2D eigenvalue weighted by Gasteiger charge is 2.41. The highest BCUT2D eigenvalue weighted by Crippen LogP contribution is 2.44. The van der Waals surface area contributed by atoms with E-state index in [-0.39, 0.29) is 16.9 Å². The van der Waals surface area contributed by atoms with Gasteiger partial charge in [0.15, 0.2) is 8.32 Å². The third kappa shape index (κ3) is 5.29. The summed E-state index contributed by atoms with van der Waals surface area (Å²) in [5, 5.41) is -0.287. The van der Waals surface area contributed by atoms with Crippen LogP contribution in [0.5, 0.6) is 0 Å². The molecule has 23 heavy (non-hydrogen) atoms. The number of hydrogen-bond acceptors (Lipinski definition) is 2. The second-order valence-electron chi connectivity index (χ2n) is 7.50. The van der Waals surface area contributed by atoms with Crippen molar-refractivity contribution in [1.82, 2.24) is 4.90 Å². The Morgan fingerprint density at radius 1 is 1.26 bits per heavy atom. The first-order valence-electron chi connectivity index (χ1n) is 7.99. The van der Waals surface area contributed by atoms with Crippen LogP contribution in [-0.4, -0.2) is 43.9 Å². The molecule has 0 heterocycles. The van der Waals surface area contributed by atoms with E-state index < -0.39 is 8.32 Å². The Morgan fingerprint density at radius 2 is 1.78 bits per heavy atom. The Labute approximate surface area is 141 Å². The zero-order valence-electron chi connectivity index (χ0n) is 15.4. The quantitative estimate of drug-likeness (QED) is 0.508. The molecule has 1 aromatic carbocycles. The number of amidine groups is 1. The number of aliphatic imine (C=N–C) groups is 1. The molecule has 0 spiro atoms. The molecule has 0 aliphatic heterocycles. The van der Waals surface area contributed by atoms with E-state index >= 15 is 0 Å². The number of nitrogens with zero attached hydrogens (tertiary/aromatic N) is 2. The van der Waals surface area contributed by atoms with Gasteiger partial charge >= 0.3 is 0 Å². The lowest BCUT2D eigenvalue weighted by Crippen LogP contribution is -2.40. The molecule has 0 unspecified atom stereocenters. The van der Waals surface area contributed by atoms with Gasteiger partial charge in [-0.1, -0.05) is 44.2 Å². The van der Waals surface area contributed by atoms with Crippen LogP contribution in [0.1, 0.15) is 38.7 Å². The van der Waals surface area contributed by atoms with E-state index in [0.29, 0.717) is 12.3 Å². The van der Waals surface area contributed by atoms with Crippen LogP contribution in [0.25, 0.3) is 0 Å². The summed E-state index contributed by atoms with van der Waals surface area (Å²) in [5.41, 5.74) is 0.958. The Hall–Kier alpha value is -1.46. The van der Waals surface area contributed by atoms with Crippen LogP contribution in [0.2, 0.25) is 18.1 Å². The van der Waals surface area contributed by atoms with Gasteiger partial charge in [0, 0.05) is 14.1 Å². The van der Waals surface area contributed by atoms with E-state index in [1.807, 2.05) is 83.2 Å². The molecule has 0 radical (unpaired) electrons. The minimum atomic E-state index is -2.40. The third-order valence-electron chi connectivity index (χ3n) is 4.79. The number of carbonyl (C=O) groups excluding carboxylic acids is 1. The summed E-state index contributed by atoms with van der Waals surface area (Å²) in [5.74, 6) is 0.211. The molecular formula is C18H30N2O2Si. The van der Waals surface area contributed by atoms with Crippen LogP contribution in [0.3, 0.4) is 0 Å². The van der Waals surface area contributed by atoms with Crippen molar-refractivity contribution in [1.29, 1.82) is 0 Å². The first-order chi connectivity index (χ1) is 10.5. The molecule has 1 rings (SSSR count). The van der Waals surface area contributed by atoms with Crippen molar-refractivity contribution in [2.75, 3.05) is 14.1 Å². The maximum atomic E-state index is 12.8. The zero-order chi connectivity index (χ0) is 17.8. The fraction of sp³-hybridized carbons (Fsp3) is 0.556. The predicted octanol–water partition coefficient (Wildman–Crippen LogP) is 3.64. The van der Waals surface area contributed by atoms with Crippen molar-refractivity contribution in [2.45, 2.75) is 51.2 Å². The van der Waals surface area contributed by atoms with Gasteiger partial charge in [0.1, 0.15) is 5.84 Å². The Morgan fingerprint density at radius 3 is 2.22 bits per heavy atom. The second-order valence-corrected chi connectivity index (χ2v) is 12.0. The van der Waals surface area contributed by atoms with Crippen molar-refractivity contribution in [3.63, 3.8) is 0 Å². The highest BCUT2D eigenvalue weighted by molar-refractivity contribution is 6.72. The molecule has 1 aromatic rings. The average molecular weight is 335 g/mol. The summed E-state index contributed by atoms with van der Waals surface area (Å²) >= 11 is 0. The van der Waals surface area contributed by atoms with Gasteiger partial charge in [-0.15, -0.1) is 0 Å². The van der Waals surface area contributed by atoms with Crippen molar-refractivity contribution >= 4 is 20.1 Å². The maximum Gasteiger partial charge on any atom is 0.254 e. The monoisotopic (exact) mass is 334 g/mol. The fourth-order valence-corrected chi connectivity index (χ4v) is 2.83. The molecule has 0 aliphatic rings. The summed E-state index contributed by atoms with van der Waals surface area (Å²) in [4.78, 5) is 29.4. The van der Waals surface area contributed by atoms with Gasteiger partial charge in [0.25, 0.3) is 5.91 Å². The number of rotatable bonds is 5. The van der Waals surface area contributed by atoms with Crippen molar-refractivity contribution in [3.8, 4) is 0 Å². The Kier molecular flexibility index (Phi) is 6.30. The van der Waals surface area contributed by atoms with Gasteiger partial charge in [-0.05, 0) is 37.0 Å². The van der Waals surface area contributed by atoms with E-state index in [2.05, 4.69) is 4.99 Å². The fourth-order valence-electron chi connectivity index (χ4n) is 2.13. The minimum Gasteiger partial charge on any atom is -0.432 e. The lowest BCUT2D eigenvalue weighted by molar-refractivity contribution is -0.119. The second kappa shape index (κ2) is 7.40. The van der Waals surface area contributed by atoms with Crippen LogP contribution in [0.15, 0.2) is 35.3 Å². The van der Waals surface area contributed by atoms with Crippen LogP contribution >= 0.6 is 0 Å². The summed E-state index contributed by atoms with van der Waals surface area (Å²) in [6, 6.07) is 9.74. The molecule has 0 saturated heterocycles. The van der Waals surface area contributed by atoms with Crippen LogP contribution < -0.4 is 0 Å². The first kappa shape index (κ1) is 19.6. The zero-order valence-corrected chi connectivity index (χ0v) is 16.4. The molecule has 1 atom stereocenters. The van der Waals surface area contributed by atoms with Crippen LogP contribution in [0.4, 0.5) is 0 Å². The summed E-state index contributed by atoms with van der Waals surface area (Å²) in [7, 11) is 1.35. The van der Waals surface area contributed by atoms with E-state index in [4.69, 9.17) is 0 Å². The normalized spacial score (nSPS) is 14.5. The van der Waals surface area contributed by atoms with Gasteiger partial charge in [-0.25, -0.2) is 4.99 Å². The number of carbonyl (C=O) groups is 1. The van der Waals surface area contributed by atoms with E-state index in [9.17, 15) is 9.59 Å². The standard InChI is InChI=1S/C18H30N2O2Si/c1-14(20(4)5)19-17(21)16(15-11-9-8-10-12-15)13-18(2,3)23(6,7)22/h8-12,16,22H,13H2,1-7H3/t16-/m0/s1. The largest absolute Gasteiger partial charge is 0.432 e. The number of amides is 1. The summed E-state index contributed by atoms with van der Waals surface area (Å²) in [6.45, 7) is 9.77. The molecule has 0 aromatic heterocycles. The maximum absolute atomic E-state index is 12.8. The topological polar surface area (TPSA) is 52.9 Å². The average Bonchev–Trinajstić information content (AvgIpc) is 2.44. The molecule has 1 N–H and O–H groups in total. The lowest BCUT2D eigenvalue weighted by Gasteiger charge is -2.37. The van der Waals surface area contributed by atoms with Crippen LogP contribution in [0, 0.1) is 0 Å². The summed E-state index contributed by atoms with van der Waals surface area (Å²) < 4.78 is 0. The van der Waals surface area contributed by atoms with Crippen LogP contribution in [-0.2, 0) is 4.79 Å². The van der Waals surface area contributed by atoms with E-state index in [0.717, 1.165) is 5.56 Å². The minimum absolute atomic E-state index is 0.145. The molecule has 0 saturated carbocycles. The third-order valence-corrected chi connectivity index (χ3v) is 8.31. The number of benzene rings is 1. The molecule has 0 bridgehead atoms. The van der Waals surface area contributed by atoms with Gasteiger partial charge in [0.2, 0.25) is 0 Å². The van der Waals surface area contributed by atoms with Crippen molar-refractivity contribution in [3.05, 3.63) is 35.9 Å². The first-order valence-corrected chi connectivity index (χ1v) is 10.9. The van der Waals surface area contributed by atoms with Gasteiger partial charge < -0.3 is 9.70 Å². The van der Waals surface area contributed by atoms with Gasteiger partial charge in [0.05, 0.1) is 5.92 Å². The SMILES string of the molecule is CC(=NC(=O)[C@@H](CC(C)(C)[Si](C)(C)O)c1ccccc1)N(C)C. The molecule has 1 amide bonds. The molecule has 0 fully saturated rings.